The van der Waals surface area contributed by atoms with Gasteiger partial charge in [0, 0.05) is 31.2 Å². The smallest absolute Gasteiger partial charge is 0.243 e. The Kier molecular flexibility index (Phi) is 5.40. The van der Waals surface area contributed by atoms with Gasteiger partial charge in [0.15, 0.2) is 5.82 Å². The van der Waals surface area contributed by atoms with E-state index in [0.29, 0.717) is 37.7 Å². The summed E-state index contributed by atoms with van der Waals surface area (Å²) in [6.07, 6.45) is 0. The number of sulfonamides is 1. The molecule has 0 saturated carbocycles. The summed E-state index contributed by atoms with van der Waals surface area (Å²) in [6.45, 7) is 2.59. The molecular weight excluding hydrogens is 400 g/mol. The predicted molar refractivity (Wildman–Crippen MR) is 105 cm³/mol. The number of rotatable bonds is 5. The molecule has 0 N–H and O–H groups in total. The van der Waals surface area contributed by atoms with Gasteiger partial charge in [-0.1, -0.05) is 29.8 Å². The first kappa shape index (κ1) is 19.0. The van der Waals surface area contributed by atoms with Gasteiger partial charge >= 0.3 is 0 Å². The van der Waals surface area contributed by atoms with E-state index in [2.05, 4.69) is 20.4 Å². The maximum absolute atomic E-state index is 12.8. The zero-order valence-corrected chi connectivity index (χ0v) is 16.6. The lowest BCUT2D eigenvalue weighted by molar-refractivity contribution is 0.177. The highest BCUT2D eigenvalue weighted by Gasteiger charge is 2.29. The number of hydrogen-bond donors (Lipinski definition) is 0. The number of para-hydroxylation sites is 1. The first-order chi connectivity index (χ1) is 13.5. The van der Waals surface area contributed by atoms with Gasteiger partial charge in [0.1, 0.15) is 0 Å². The van der Waals surface area contributed by atoms with E-state index in [1.165, 1.54) is 16.4 Å². The van der Waals surface area contributed by atoms with Crippen molar-refractivity contribution < 1.29 is 8.42 Å². The van der Waals surface area contributed by atoms with Crippen LogP contribution in [0.5, 0.6) is 0 Å². The molecule has 1 saturated heterocycles. The lowest BCUT2D eigenvalue weighted by Gasteiger charge is -2.33. The Bertz CT molecular complexity index is 1030. The summed E-state index contributed by atoms with van der Waals surface area (Å²) >= 11 is 5.86. The highest BCUT2D eigenvalue weighted by Crippen LogP contribution is 2.20. The van der Waals surface area contributed by atoms with Crippen LogP contribution in [0, 0.1) is 0 Å². The van der Waals surface area contributed by atoms with Crippen LogP contribution in [0.1, 0.15) is 5.82 Å². The van der Waals surface area contributed by atoms with Crippen molar-refractivity contribution in [1.82, 2.24) is 29.4 Å². The molecule has 8 nitrogen and oxygen atoms in total. The van der Waals surface area contributed by atoms with Crippen molar-refractivity contribution in [3.8, 4) is 5.69 Å². The Hall–Kier alpha value is -2.33. The molecule has 1 aliphatic rings. The number of piperazine rings is 1. The first-order valence-corrected chi connectivity index (χ1v) is 10.7. The molecule has 28 heavy (non-hydrogen) atoms. The fraction of sp³-hybridized carbons (Fsp3) is 0.278. The Morgan fingerprint density at radius 3 is 2.29 bits per heavy atom. The molecule has 1 aromatic heterocycles. The molecule has 0 spiro atoms. The van der Waals surface area contributed by atoms with Crippen molar-refractivity contribution in [3.63, 3.8) is 0 Å². The summed E-state index contributed by atoms with van der Waals surface area (Å²) in [7, 11) is -3.51. The number of halogens is 1. The van der Waals surface area contributed by atoms with Crippen LogP contribution in [0.2, 0.25) is 5.02 Å². The minimum absolute atomic E-state index is 0.262. The number of tetrazole rings is 1. The van der Waals surface area contributed by atoms with Gasteiger partial charge in [-0.2, -0.15) is 8.99 Å². The third-order valence-corrected chi connectivity index (χ3v) is 6.85. The summed E-state index contributed by atoms with van der Waals surface area (Å²) in [4.78, 5) is 2.41. The van der Waals surface area contributed by atoms with Crippen molar-refractivity contribution in [2.75, 3.05) is 26.2 Å². The molecular formula is C18H19ClN6O2S. The molecule has 0 bridgehead atoms. The number of hydrogen-bond acceptors (Lipinski definition) is 6. The van der Waals surface area contributed by atoms with Gasteiger partial charge in [-0.05, 0) is 46.8 Å². The molecule has 0 aliphatic carbocycles. The standard InChI is InChI=1S/C18H19ClN6O2S/c19-15-6-8-17(9-7-15)28(26,27)24-12-10-23(11-13-24)14-18-20-21-22-25(18)16-4-2-1-3-5-16/h1-9H,10-14H2. The third-order valence-electron chi connectivity index (χ3n) is 4.68. The van der Waals surface area contributed by atoms with Crippen LogP contribution >= 0.6 is 11.6 Å². The zero-order chi connectivity index (χ0) is 19.6. The molecule has 0 amide bonds. The van der Waals surface area contributed by atoms with E-state index >= 15 is 0 Å². The average molecular weight is 419 g/mol. The Balaban J connectivity index is 1.42. The van der Waals surface area contributed by atoms with Crippen LogP contribution < -0.4 is 0 Å². The summed E-state index contributed by atoms with van der Waals surface area (Å²) in [6, 6.07) is 15.9. The molecule has 0 radical (unpaired) electrons. The fourth-order valence-corrected chi connectivity index (χ4v) is 4.71. The second-order valence-electron chi connectivity index (χ2n) is 6.48. The molecule has 2 heterocycles. The van der Waals surface area contributed by atoms with E-state index in [9.17, 15) is 8.42 Å². The number of aromatic nitrogens is 4. The van der Waals surface area contributed by atoms with E-state index < -0.39 is 10.0 Å². The molecule has 0 unspecified atom stereocenters. The summed E-state index contributed by atoms with van der Waals surface area (Å²) in [5, 5.41) is 12.5. The monoisotopic (exact) mass is 418 g/mol. The first-order valence-electron chi connectivity index (χ1n) is 8.85. The van der Waals surface area contributed by atoms with Crippen molar-refractivity contribution >= 4 is 21.6 Å². The second kappa shape index (κ2) is 7.96. The third kappa shape index (κ3) is 3.93. The Morgan fingerprint density at radius 1 is 0.929 bits per heavy atom. The van der Waals surface area contributed by atoms with E-state index in [1.807, 2.05) is 30.3 Å². The second-order valence-corrected chi connectivity index (χ2v) is 8.85. The van der Waals surface area contributed by atoms with Crippen molar-refractivity contribution in [1.29, 1.82) is 0 Å². The van der Waals surface area contributed by atoms with Crippen LogP contribution in [0.15, 0.2) is 59.5 Å². The minimum Gasteiger partial charge on any atom is -0.293 e. The summed E-state index contributed by atoms with van der Waals surface area (Å²) in [5.41, 5.74) is 0.895. The Labute approximate surface area is 168 Å². The highest BCUT2D eigenvalue weighted by atomic mass is 35.5. The van der Waals surface area contributed by atoms with E-state index in [1.54, 1.807) is 16.8 Å². The normalized spacial score (nSPS) is 16.3. The molecule has 146 valence electrons. The van der Waals surface area contributed by atoms with Crippen LogP contribution in [0.3, 0.4) is 0 Å². The van der Waals surface area contributed by atoms with Gasteiger partial charge in [0.2, 0.25) is 10.0 Å². The lowest BCUT2D eigenvalue weighted by Crippen LogP contribution is -2.48. The largest absolute Gasteiger partial charge is 0.293 e. The van der Waals surface area contributed by atoms with E-state index in [-0.39, 0.29) is 4.90 Å². The molecule has 4 rings (SSSR count). The van der Waals surface area contributed by atoms with E-state index in [0.717, 1.165) is 11.5 Å². The SMILES string of the molecule is O=S(=O)(c1ccc(Cl)cc1)N1CCN(Cc2nnnn2-c2ccccc2)CC1. The van der Waals surface area contributed by atoms with Crippen LogP contribution in [-0.4, -0.2) is 64.0 Å². The minimum atomic E-state index is -3.51. The average Bonchev–Trinajstić information content (AvgIpc) is 3.17. The maximum atomic E-state index is 12.8. The highest BCUT2D eigenvalue weighted by molar-refractivity contribution is 7.89. The van der Waals surface area contributed by atoms with Crippen LogP contribution in [-0.2, 0) is 16.6 Å². The van der Waals surface area contributed by atoms with Crippen LogP contribution in [0.25, 0.3) is 5.69 Å². The molecule has 1 aliphatic heterocycles. The lowest BCUT2D eigenvalue weighted by atomic mass is 10.3. The van der Waals surface area contributed by atoms with Crippen molar-refractivity contribution in [3.05, 3.63) is 65.4 Å². The number of nitrogens with zero attached hydrogens (tertiary/aromatic N) is 6. The number of benzene rings is 2. The van der Waals surface area contributed by atoms with E-state index in [4.69, 9.17) is 11.6 Å². The van der Waals surface area contributed by atoms with Gasteiger partial charge < -0.3 is 0 Å². The predicted octanol–water partition coefficient (Wildman–Crippen LogP) is 1.82. The summed E-state index contributed by atoms with van der Waals surface area (Å²) < 4.78 is 28.8. The van der Waals surface area contributed by atoms with Crippen molar-refractivity contribution in [2.45, 2.75) is 11.4 Å². The van der Waals surface area contributed by atoms with Crippen LogP contribution in [0.4, 0.5) is 0 Å². The quantitative estimate of drug-likeness (QED) is 0.628. The topological polar surface area (TPSA) is 84.2 Å². The van der Waals surface area contributed by atoms with Gasteiger partial charge in [-0.25, -0.2) is 8.42 Å². The maximum Gasteiger partial charge on any atom is 0.243 e. The molecule has 2 aromatic carbocycles. The summed E-state index contributed by atoms with van der Waals surface area (Å²) in [5.74, 6) is 0.722. The molecule has 1 fully saturated rings. The molecule has 3 aromatic rings. The van der Waals surface area contributed by atoms with Gasteiger partial charge in [0.25, 0.3) is 0 Å². The van der Waals surface area contributed by atoms with Gasteiger partial charge in [0.05, 0.1) is 17.1 Å². The van der Waals surface area contributed by atoms with Crippen molar-refractivity contribution in [2.24, 2.45) is 0 Å². The fourth-order valence-electron chi connectivity index (χ4n) is 3.16. The van der Waals surface area contributed by atoms with Gasteiger partial charge in [-0.15, -0.1) is 5.10 Å². The van der Waals surface area contributed by atoms with Gasteiger partial charge in [-0.3, -0.25) is 4.90 Å². The Morgan fingerprint density at radius 2 is 1.61 bits per heavy atom. The molecule has 0 atom stereocenters. The molecule has 10 heteroatoms. The zero-order valence-electron chi connectivity index (χ0n) is 15.0.